The van der Waals surface area contributed by atoms with E-state index in [2.05, 4.69) is 5.32 Å². The Kier molecular flexibility index (Phi) is 7.62. The molecule has 2 rings (SSSR count). The number of ether oxygens (including phenoxy) is 4. The van der Waals surface area contributed by atoms with Crippen LogP contribution in [0.25, 0.3) is 6.08 Å². The van der Waals surface area contributed by atoms with Crippen molar-refractivity contribution in [1.29, 1.82) is 5.26 Å². The second-order valence-corrected chi connectivity index (χ2v) is 5.58. The topological polar surface area (TPSA) is 107 Å². The van der Waals surface area contributed by atoms with E-state index in [1.54, 1.807) is 36.4 Å². The molecule has 0 saturated carbocycles. The lowest BCUT2D eigenvalue weighted by atomic mass is 10.1. The van der Waals surface area contributed by atoms with Crippen LogP contribution >= 0.6 is 0 Å². The van der Waals surface area contributed by atoms with Crippen molar-refractivity contribution in [2.45, 2.75) is 0 Å². The summed E-state index contributed by atoms with van der Waals surface area (Å²) in [4.78, 5) is 24.2. The van der Waals surface area contributed by atoms with E-state index in [4.69, 9.17) is 24.2 Å². The molecule has 8 heteroatoms. The zero-order chi connectivity index (χ0) is 21.2. The molecule has 2 aromatic carbocycles. The second kappa shape index (κ2) is 10.4. The summed E-state index contributed by atoms with van der Waals surface area (Å²) < 4.78 is 20.3. The molecular formula is C21H20N2O6. The average Bonchev–Trinajstić information content (AvgIpc) is 2.76. The Balaban J connectivity index is 2.16. The lowest BCUT2D eigenvalue weighted by molar-refractivity contribution is -0.111. The van der Waals surface area contributed by atoms with E-state index in [1.807, 2.05) is 6.07 Å². The van der Waals surface area contributed by atoms with E-state index in [1.165, 1.54) is 33.5 Å². The van der Waals surface area contributed by atoms with E-state index in [0.717, 1.165) is 0 Å². The first-order chi connectivity index (χ1) is 14.0. The van der Waals surface area contributed by atoms with E-state index >= 15 is 0 Å². The largest absolute Gasteiger partial charge is 0.497 e. The van der Waals surface area contributed by atoms with Gasteiger partial charge in [-0.15, -0.1) is 0 Å². The maximum Gasteiger partial charge on any atom is 0.340 e. The number of anilines is 1. The van der Waals surface area contributed by atoms with Crippen molar-refractivity contribution in [3.05, 3.63) is 53.6 Å². The number of rotatable bonds is 8. The van der Waals surface area contributed by atoms with E-state index in [9.17, 15) is 9.59 Å². The number of nitriles is 1. The molecular weight excluding hydrogens is 376 g/mol. The first kappa shape index (κ1) is 21.3. The average molecular weight is 396 g/mol. The SMILES string of the molecule is COC(=O)c1cc(OC)ccc1NC(=O)/C=C/c1ccc(OCC#N)c(OC)c1. The van der Waals surface area contributed by atoms with Gasteiger partial charge in [0.05, 0.1) is 32.6 Å². The summed E-state index contributed by atoms with van der Waals surface area (Å²) in [6.45, 7) is -0.0989. The summed E-state index contributed by atoms with van der Waals surface area (Å²) in [5, 5.41) is 11.2. The smallest absolute Gasteiger partial charge is 0.340 e. The van der Waals surface area contributed by atoms with Crippen LogP contribution in [0.15, 0.2) is 42.5 Å². The molecule has 150 valence electrons. The number of hydrogen-bond donors (Lipinski definition) is 1. The van der Waals surface area contributed by atoms with E-state index in [-0.39, 0.29) is 12.2 Å². The summed E-state index contributed by atoms with van der Waals surface area (Å²) in [5.41, 5.74) is 1.16. The highest BCUT2D eigenvalue weighted by molar-refractivity contribution is 6.06. The second-order valence-electron chi connectivity index (χ2n) is 5.58. The van der Waals surface area contributed by atoms with Crippen LogP contribution in [-0.2, 0) is 9.53 Å². The molecule has 8 nitrogen and oxygen atoms in total. The number of carbonyl (C=O) groups is 2. The normalized spacial score (nSPS) is 10.1. The van der Waals surface area contributed by atoms with Crippen LogP contribution in [0.4, 0.5) is 5.69 Å². The third-order valence-corrected chi connectivity index (χ3v) is 3.80. The minimum atomic E-state index is -0.596. The van der Waals surface area contributed by atoms with Crippen LogP contribution in [0.2, 0.25) is 0 Å². The Morgan fingerprint density at radius 1 is 1.07 bits per heavy atom. The molecule has 0 aromatic heterocycles. The molecule has 29 heavy (non-hydrogen) atoms. The maximum absolute atomic E-state index is 12.3. The van der Waals surface area contributed by atoms with Crippen LogP contribution in [-0.4, -0.2) is 39.8 Å². The summed E-state index contributed by atoms with van der Waals surface area (Å²) in [6.07, 6.45) is 2.89. The molecule has 0 radical (unpaired) electrons. The third-order valence-electron chi connectivity index (χ3n) is 3.80. The number of benzene rings is 2. The molecule has 0 aliphatic carbocycles. The molecule has 0 unspecified atom stereocenters. The molecule has 0 fully saturated rings. The molecule has 1 amide bonds. The first-order valence-electron chi connectivity index (χ1n) is 8.45. The van der Waals surface area contributed by atoms with Gasteiger partial charge in [0.2, 0.25) is 5.91 Å². The Hall–Kier alpha value is -3.99. The quantitative estimate of drug-likeness (QED) is 0.540. The fourth-order valence-electron chi connectivity index (χ4n) is 2.40. The highest BCUT2D eigenvalue weighted by Crippen LogP contribution is 2.28. The molecule has 0 spiro atoms. The van der Waals surface area contributed by atoms with Crippen molar-refractivity contribution in [1.82, 2.24) is 0 Å². The van der Waals surface area contributed by atoms with Crippen molar-refractivity contribution in [3.63, 3.8) is 0 Å². The van der Waals surface area contributed by atoms with Crippen LogP contribution < -0.4 is 19.5 Å². The number of amides is 1. The summed E-state index contributed by atoms with van der Waals surface area (Å²) in [6, 6.07) is 11.6. The fraction of sp³-hybridized carbons (Fsp3) is 0.190. The number of nitrogens with zero attached hydrogens (tertiary/aromatic N) is 1. The highest BCUT2D eigenvalue weighted by Gasteiger charge is 2.14. The molecule has 0 aliphatic rings. The number of nitrogens with one attached hydrogen (secondary N) is 1. The van der Waals surface area contributed by atoms with Crippen molar-refractivity contribution < 1.29 is 28.5 Å². The highest BCUT2D eigenvalue weighted by atomic mass is 16.5. The van der Waals surface area contributed by atoms with Gasteiger partial charge in [0.25, 0.3) is 0 Å². The number of methoxy groups -OCH3 is 3. The summed E-state index contributed by atoms with van der Waals surface area (Å²) >= 11 is 0. The van der Waals surface area contributed by atoms with Crippen molar-refractivity contribution >= 4 is 23.6 Å². The predicted molar refractivity (Wildman–Crippen MR) is 106 cm³/mol. The predicted octanol–water partition coefficient (Wildman–Crippen LogP) is 3.04. The minimum absolute atomic E-state index is 0.0989. The molecule has 0 heterocycles. The first-order valence-corrected chi connectivity index (χ1v) is 8.45. The van der Waals surface area contributed by atoms with Gasteiger partial charge in [0, 0.05) is 6.08 Å². The van der Waals surface area contributed by atoms with Gasteiger partial charge >= 0.3 is 5.97 Å². The Labute approximate surface area is 168 Å². The van der Waals surface area contributed by atoms with Crippen molar-refractivity contribution in [2.75, 3.05) is 33.3 Å². The van der Waals surface area contributed by atoms with Gasteiger partial charge in [0.1, 0.15) is 11.8 Å². The van der Waals surface area contributed by atoms with Gasteiger partial charge in [-0.05, 0) is 42.0 Å². The zero-order valence-electron chi connectivity index (χ0n) is 16.2. The van der Waals surface area contributed by atoms with Gasteiger partial charge in [-0.3, -0.25) is 4.79 Å². The van der Waals surface area contributed by atoms with Crippen molar-refractivity contribution in [2.24, 2.45) is 0 Å². The molecule has 1 N–H and O–H groups in total. The van der Waals surface area contributed by atoms with E-state index in [0.29, 0.717) is 28.5 Å². The van der Waals surface area contributed by atoms with Crippen LogP contribution in [0, 0.1) is 11.3 Å². The van der Waals surface area contributed by atoms with Crippen LogP contribution in [0.3, 0.4) is 0 Å². The van der Waals surface area contributed by atoms with Crippen LogP contribution in [0.5, 0.6) is 17.2 Å². The Morgan fingerprint density at radius 2 is 1.86 bits per heavy atom. The maximum atomic E-state index is 12.3. The lowest BCUT2D eigenvalue weighted by Crippen LogP contribution is -2.13. The third kappa shape index (κ3) is 5.74. The van der Waals surface area contributed by atoms with Gasteiger partial charge in [-0.25, -0.2) is 4.79 Å². The number of esters is 1. The molecule has 0 saturated heterocycles. The summed E-state index contributed by atoms with van der Waals surface area (Å²) in [7, 11) is 4.21. The van der Waals surface area contributed by atoms with Gasteiger partial charge in [0.15, 0.2) is 18.1 Å². The van der Waals surface area contributed by atoms with Gasteiger partial charge < -0.3 is 24.3 Å². The monoisotopic (exact) mass is 396 g/mol. The van der Waals surface area contributed by atoms with E-state index < -0.39 is 11.9 Å². The fourth-order valence-corrected chi connectivity index (χ4v) is 2.40. The number of carbonyl (C=O) groups excluding carboxylic acids is 2. The molecule has 0 bridgehead atoms. The van der Waals surface area contributed by atoms with Gasteiger partial charge in [-0.2, -0.15) is 5.26 Å². The zero-order valence-corrected chi connectivity index (χ0v) is 16.2. The molecule has 0 atom stereocenters. The summed E-state index contributed by atoms with van der Waals surface area (Å²) in [5.74, 6) is 0.289. The Morgan fingerprint density at radius 3 is 2.52 bits per heavy atom. The van der Waals surface area contributed by atoms with Crippen LogP contribution in [0.1, 0.15) is 15.9 Å². The number of hydrogen-bond acceptors (Lipinski definition) is 7. The lowest BCUT2D eigenvalue weighted by Gasteiger charge is -2.10. The Bertz CT molecular complexity index is 962. The van der Waals surface area contributed by atoms with Crippen molar-refractivity contribution in [3.8, 4) is 23.3 Å². The minimum Gasteiger partial charge on any atom is -0.497 e. The standard InChI is InChI=1S/C21H20N2O6/c1-26-15-6-7-17(16(13-15)21(25)28-3)23-20(24)9-5-14-4-8-18(29-11-10-22)19(12-14)27-2/h4-9,12-13H,11H2,1-3H3,(H,23,24)/b9-5+. The molecule has 2 aromatic rings. The van der Waals surface area contributed by atoms with Gasteiger partial charge in [-0.1, -0.05) is 6.07 Å². The molecule has 0 aliphatic heterocycles.